The number of carbonyl (C=O) groups excluding carboxylic acids is 2. The predicted octanol–water partition coefficient (Wildman–Crippen LogP) is 3.39. The molecule has 1 unspecified atom stereocenters. The molecule has 1 fully saturated rings. The summed E-state index contributed by atoms with van der Waals surface area (Å²) < 4.78 is 5.68. The van der Waals surface area contributed by atoms with E-state index in [0.29, 0.717) is 12.0 Å². The largest absolute Gasteiger partial charge is 0.490 e. The molecule has 0 bridgehead atoms. The molecule has 0 radical (unpaired) electrons. The minimum absolute atomic E-state index is 0.145. The fourth-order valence-corrected chi connectivity index (χ4v) is 3.42. The predicted molar refractivity (Wildman–Crippen MR) is 96.2 cm³/mol. The maximum absolute atomic E-state index is 12.5. The zero-order valence-electron chi connectivity index (χ0n) is 14.1. The molecule has 5 nitrogen and oxygen atoms in total. The number of nitrogens with one attached hydrogen (secondary N) is 1. The minimum Gasteiger partial charge on any atom is -0.490 e. The van der Waals surface area contributed by atoms with Crippen LogP contribution in [0.4, 0.5) is 11.4 Å². The Kier molecular flexibility index (Phi) is 3.92. The minimum atomic E-state index is -0.161. The smallest absolute Gasteiger partial charge is 0.255 e. The Labute approximate surface area is 146 Å². The van der Waals surface area contributed by atoms with Gasteiger partial charge in [0.25, 0.3) is 5.91 Å². The number of nitrogens with zero attached hydrogens (tertiary/aromatic N) is 1. The summed E-state index contributed by atoms with van der Waals surface area (Å²) in [5.74, 6) is 0.878. The monoisotopic (exact) mass is 336 g/mol. The summed E-state index contributed by atoms with van der Waals surface area (Å²) >= 11 is 0. The lowest BCUT2D eigenvalue weighted by molar-refractivity contribution is -0.117. The number of ether oxygens (including phenoxy) is 1. The van der Waals surface area contributed by atoms with Crippen LogP contribution in [0.1, 0.15) is 35.7 Å². The van der Waals surface area contributed by atoms with E-state index in [2.05, 4.69) is 5.32 Å². The summed E-state index contributed by atoms with van der Waals surface area (Å²) in [5, 5.41) is 2.93. The van der Waals surface area contributed by atoms with E-state index in [1.807, 2.05) is 37.3 Å². The van der Waals surface area contributed by atoms with Crippen LogP contribution >= 0.6 is 0 Å². The van der Waals surface area contributed by atoms with Crippen LogP contribution in [-0.4, -0.2) is 24.5 Å². The zero-order chi connectivity index (χ0) is 17.4. The molecule has 0 aliphatic carbocycles. The standard InChI is InChI=1S/C20H20N2O3/c1-13-11-15-12-16(6-9-18(15)25-13)21-20(24)14-4-7-17(8-5-14)22-10-2-3-19(22)23/h4-9,12-13H,2-3,10-11H2,1H3,(H,21,24). The fraction of sp³-hybridized carbons (Fsp3) is 0.300. The van der Waals surface area contributed by atoms with Crippen molar-refractivity contribution in [3.8, 4) is 5.75 Å². The molecular weight excluding hydrogens is 316 g/mol. The third-order valence-corrected chi connectivity index (χ3v) is 4.67. The second-order valence-electron chi connectivity index (χ2n) is 6.61. The average molecular weight is 336 g/mol. The first kappa shape index (κ1) is 15.7. The molecule has 2 aromatic carbocycles. The normalized spacial score (nSPS) is 18.8. The molecule has 0 aromatic heterocycles. The van der Waals surface area contributed by atoms with Crippen molar-refractivity contribution < 1.29 is 14.3 Å². The molecule has 4 rings (SSSR count). The molecule has 5 heteroatoms. The second kappa shape index (κ2) is 6.24. The van der Waals surface area contributed by atoms with Gasteiger partial charge in [0.2, 0.25) is 5.91 Å². The Morgan fingerprint density at radius 2 is 2.00 bits per heavy atom. The first-order chi connectivity index (χ1) is 12.1. The van der Waals surface area contributed by atoms with Crippen molar-refractivity contribution in [2.24, 2.45) is 0 Å². The van der Waals surface area contributed by atoms with E-state index in [9.17, 15) is 9.59 Å². The van der Waals surface area contributed by atoms with E-state index in [1.54, 1.807) is 17.0 Å². The van der Waals surface area contributed by atoms with Gasteiger partial charge in [-0.2, -0.15) is 0 Å². The van der Waals surface area contributed by atoms with Crippen molar-refractivity contribution in [2.45, 2.75) is 32.3 Å². The summed E-state index contributed by atoms with van der Waals surface area (Å²) in [6.07, 6.45) is 2.53. The van der Waals surface area contributed by atoms with Crippen molar-refractivity contribution in [2.75, 3.05) is 16.8 Å². The van der Waals surface area contributed by atoms with Gasteiger partial charge in [0.05, 0.1) is 0 Å². The SMILES string of the molecule is CC1Cc2cc(NC(=O)c3ccc(N4CCCC4=O)cc3)ccc2O1. The van der Waals surface area contributed by atoms with Gasteiger partial charge in [-0.1, -0.05) is 0 Å². The van der Waals surface area contributed by atoms with Gasteiger partial charge >= 0.3 is 0 Å². The molecule has 2 aromatic rings. The number of anilines is 2. The van der Waals surface area contributed by atoms with Gasteiger partial charge in [0.15, 0.2) is 0 Å². The van der Waals surface area contributed by atoms with Gasteiger partial charge in [0.1, 0.15) is 11.9 Å². The molecule has 25 heavy (non-hydrogen) atoms. The number of amides is 2. The Bertz CT molecular complexity index is 829. The molecule has 0 saturated carbocycles. The molecule has 2 aliphatic rings. The lowest BCUT2D eigenvalue weighted by Crippen LogP contribution is -2.23. The van der Waals surface area contributed by atoms with E-state index >= 15 is 0 Å². The van der Waals surface area contributed by atoms with Crippen LogP contribution in [-0.2, 0) is 11.2 Å². The number of fused-ring (bicyclic) bond motifs is 1. The number of benzene rings is 2. The summed E-state index contributed by atoms with van der Waals surface area (Å²) in [5.41, 5.74) is 3.30. The van der Waals surface area contributed by atoms with Gasteiger partial charge < -0.3 is 15.0 Å². The number of rotatable bonds is 3. The molecule has 2 heterocycles. The summed E-state index contributed by atoms with van der Waals surface area (Å²) in [6.45, 7) is 2.78. The van der Waals surface area contributed by atoms with Crippen molar-refractivity contribution >= 4 is 23.2 Å². The summed E-state index contributed by atoms with van der Waals surface area (Å²) in [7, 11) is 0. The Morgan fingerprint density at radius 1 is 1.20 bits per heavy atom. The van der Waals surface area contributed by atoms with Gasteiger partial charge in [-0.05, 0) is 61.4 Å². The second-order valence-corrected chi connectivity index (χ2v) is 6.61. The highest BCUT2D eigenvalue weighted by molar-refractivity contribution is 6.05. The van der Waals surface area contributed by atoms with E-state index in [0.717, 1.165) is 42.1 Å². The highest BCUT2D eigenvalue weighted by Crippen LogP contribution is 2.31. The molecule has 128 valence electrons. The average Bonchev–Trinajstić information content (AvgIpc) is 3.19. The van der Waals surface area contributed by atoms with Crippen LogP contribution in [0.2, 0.25) is 0 Å². The van der Waals surface area contributed by atoms with Gasteiger partial charge in [-0.15, -0.1) is 0 Å². The number of hydrogen-bond acceptors (Lipinski definition) is 3. The Balaban J connectivity index is 1.46. The third kappa shape index (κ3) is 3.09. The van der Waals surface area contributed by atoms with Gasteiger partial charge in [-0.3, -0.25) is 9.59 Å². The lowest BCUT2D eigenvalue weighted by atomic mass is 10.1. The molecule has 1 atom stereocenters. The first-order valence-electron chi connectivity index (χ1n) is 8.61. The fourth-order valence-electron chi connectivity index (χ4n) is 3.42. The van der Waals surface area contributed by atoms with Gasteiger partial charge in [-0.25, -0.2) is 0 Å². The molecule has 1 N–H and O–H groups in total. The van der Waals surface area contributed by atoms with E-state index < -0.39 is 0 Å². The van der Waals surface area contributed by atoms with Crippen molar-refractivity contribution in [1.82, 2.24) is 0 Å². The highest BCUT2D eigenvalue weighted by Gasteiger charge is 2.22. The Hall–Kier alpha value is -2.82. The van der Waals surface area contributed by atoms with E-state index in [-0.39, 0.29) is 17.9 Å². The maximum atomic E-state index is 12.5. The van der Waals surface area contributed by atoms with Crippen molar-refractivity contribution in [1.29, 1.82) is 0 Å². The number of hydrogen-bond donors (Lipinski definition) is 1. The van der Waals surface area contributed by atoms with Gasteiger partial charge in [0, 0.05) is 36.3 Å². The van der Waals surface area contributed by atoms with E-state index in [4.69, 9.17) is 4.74 Å². The molecule has 2 aliphatic heterocycles. The first-order valence-corrected chi connectivity index (χ1v) is 8.61. The zero-order valence-corrected chi connectivity index (χ0v) is 14.1. The van der Waals surface area contributed by atoms with Crippen molar-refractivity contribution in [3.05, 3.63) is 53.6 Å². The van der Waals surface area contributed by atoms with Crippen LogP contribution in [0.3, 0.4) is 0 Å². The number of carbonyl (C=O) groups is 2. The summed E-state index contributed by atoms with van der Waals surface area (Å²) in [6, 6.07) is 12.9. The van der Waals surface area contributed by atoms with Crippen LogP contribution in [0, 0.1) is 0 Å². The van der Waals surface area contributed by atoms with Crippen LogP contribution < -0.4 is 15.0 Å². The van der Waals surface area contributed by atoms with Crippen LogP contribution in [0.5, 0.6) is 5.75 Å². The molecule has 1 saturated heterocycles. The molecule has 0 spiro atoms. The van der Waals surface area contributed by atoms with E-state index in [1.165, 1.54) is 0 Å². The summed E-state index contributed by atoms with van der Waals surface area (Å²) in [4.78, 5) is 26.0. The topological polar surface area (TPSA) is 58.6 Å². The van der Waals surface area contributed by atoms with Crippen molar-refractivity contribution in [3.63, 3.8) is 0 Å². The molecular formula is C20H20N2O3. The maximum Gasteiger partial charge on any atom is 0.255 e. The van der Waals surface area contributed by atoms with Crippen LogP contribution in [0.25, 0.3) is 0 Å². The molecule has 2 amide bonds. The quantitative estimate of drug-likeness (QED) is 0.935. The Morgan fingerprint density at radius 3 is 2.72 bits per heavy atom. The lowest BCUT2D eigenvalue weighted by Gasteiger charge is -2.15. The third-order valence-electron chi connectivity index (χ3n) is 4.67. The van der Waals surface area contributed by atoms with Crippen LogP contribution in [0.15, 0.2) is 42.5 Å². The highest BCUT2D eigenvalue weighted by atomic mass is 16.5.